The number of benzene rings is 2. The molecule has 2 aromatic rings. The predicted octanol–water partition coefficient (Wildman–Crippen LogP) is 2.43. The van der Waals surface area contributed by atoms with Gasteiger partial charge in [0.15, 0.2) is 0 Å². The summed E-state index contributed by atoms with van der Waals surface area (Å²) in [5.74, 6) is 0.267. The first-order valence-electron chi connectivity index (χ1n) is 7.99. The number of fused-ring (bicyclic) bond motifs is 2. The minimum Gasteiger partial charge on any atom is -0.488 e. The highest BCUT2D eigenvalue weighted by Gasteiger charge is 2.43. The Kier molecular flexibility index (Phi) is 3.47. The second-order valence-corrected chi connectivity index (χ2v) is 6.33. The number of carbonyl (C=O) groups excluding carboxylic acids is 1. The number of nitro groups is 1. The van der Waals surface area contributed by atoms with Gasteiger partial charge in [0.05, 0.1) is 11.0 Å². The molecule has 0 saturated carbocycles. The van der Waals surface area contributed by atoms with Crippen molar-refractivity contribution in [3.8, 4) is 5.75 Å². The van der Waals surface area contributed by atoms with E-state index in [9.17, 15) is 20.0 Å². The first kappa shape index (κ1) is 15.6. The van der Waals surface area contributed by atoms with Crippen LogP contribution in [0.3, 0.4) is 0 Å². The van der Waals surface area contributed by atoms with Gasteiger partial charge in [-0.3, -0.25) is 14.9 Å². The number of aliphatic hydroxyl groups excluding tert-OH is 1. The second-order valence-electron chi connectivity index (χ2n) is 6.33. The van der Waals surface area contributed by atoms with Gasteiger partial charge in [-0.25, -0.2) is 0 Å². The molecule has 7 nitrogen and oxygen atoms in total. The molecule has 1 N–H and O–H groups in total. The van der Waals surface area contributed by atoms with E-state index in [1.165, 1.54) is 18.2 Å². The van der Waals surface area contributed by atoms with Crippen LogP contribution in [-0.4, -0.2) is 33.0 Å². The number of aliphatic hydroxyl groups is 1. The van der Waals surface area contributed by atoms with E-state index >= 15 is 0 Å². The third-order valence-electron chi connectivity index (χ3n) is 4.83. The molecule has 2 aliphatic heterocycles. The van der Waals surface area contributed by atoms with Crippen LogP contribution in [-0.2, 0) is 6.54 Å². The molecule has 4 rings (SSSR count). The van der Waals surface area contributed by atoms with Gasteiger partial charge in [0.1, 0.15) is 18.0 Å². The highest BCUT2D eigenvalue weighted by molar-refractivity contribution is 5.98. The summed E-state index contributed by atoms with van der Waals surface area (Å²) in [6.45, 7) is 2.07. The van der Waals surface area contributed by atoms with E-state index in [-0.39, 0.29) is 11.6 Å². The molecule has 2 aromatic carbocycles. The fourth-order valence-corrected chi connectivity index (χ4v) is 3.55. The summed E-state index contributed by atoms with van der Waals surface area (Å²) in [6, 6.07) is 10.8. The Morgan fingerprint density at radius 2 is 2.04 bits per heavy atom. The van der Waals surface area contributed by atoms with Crippen LogP contribution < -0.4 is 4.74 Å². The summed E-state index contributed by atoms with van der Waals surface area (Å²) in [7, 11) is 0. The topological polar surface area (TPSA) is 92.9 Å². The maximum atomic E-state index is 12.8. The van der Waals surface area contributed by atoms with E-state index in [0.717, 1.165) is 5.56 Å². The Morgan fingerprint density at radius 3 is 2.76 bits per heavy atom. The average Bonchev–Trinajstić information content (AvgIpc) is 2.92. The Hall–Kier alpha value is -2.93. The molecule has 3 unspecified atom stereocenters. The van der Waals surface area contributed by atoms with Crippen LogP contribution in [0.25, 0.3) is 0 Å². The van der Waals surface area contributed by atoms with Crippen molar-refractivity contribution < 1.29 is 19.6 Å². The van der Waals surface area contributed by atoms with Crippen LogP contribution in [0.4, 0.5) is 5.69 Å². The zero-order valence-corrected chi connectivity index (χ0v) is 13.5. The third kappa shape index (κ3) is 2.35. The van der Waals surface area contributed by atoms with E-state index in [0.29, 0.717) is 23.4 Å². The molecule has 0 aromatic heterocycles. The van der Waals surface area contributed by atoms with Crippen LogP contribution >= 0.6 is 0 Å². The van der Waals surface area contributed by atoms with Gasteiger partial charge in [-0.1, -0.05) is 18.2 Å². The zero-order chi connectivity index (χ0) is 17.7. The van der Waals surface area contributed by atoms with Gasteiger partial charge in [-0.05, 0) is 24.6 Å². The van der Waals surface area contributed by atoms with Crippen molar-refractivity contribution in [2.24, 2.45) is 0 Å². The molecule has 3 atom stereocenters. The van der Waals surface area contributed by atoms with Gasteiger partial charge in [0.2, 0.25) is 0 Å². The number of non-ortho nitro benzene ring substituents is 1. The van der Waals surface area contributed by atoms with Gasteiger partial charge >= 0.3 is 0 Å². The summed E-state index contributed by atoms with van der Waals surface area (Å²) in [5.41, 5.74) is 1.84. The van der Waals surface area contributed by atoms with E-state index in [1.54, 1.807) is 24.0 Å². The van der Waals surface area contributed by atoms with Crippen molar-refractivity contribution in [3.05, 3.63) is 69.3 Å². The number of ether oxygens (including phenoxy) is 1. The molecule has 0 aliphatic carbocycles. The third-order valence-corrected chi connectivity index (χ3v) is 4.83. The van der Waals surface area contributed by atoms with Crippen molar-refractivity contribution in [1.82, 2.24) is 4.90 Å². The highest BCUT2D eigenvalue weighted by Crippen LogP contribution is 2.43. The predicted molar refractivity (Wildman–Crippen MR) is 88.2 cm³/mol. The summed E-state index contributed by atoms with van der Waals surface area (Å²) >= 11 is 0. The Labute approximate surface area is 143 Å². The average molecular weight is 340 g/mol. The first-order valence-corrected chi connectivity index (χ1v) is 7.99. The van der Waals surface area contributed by atoms with Gasteiger partial charge < -0.3 is 14.7 Å². The fraction of sp³-hybridized carbons (Fsp3) is 0.278. The van der Waals surface area contributed by atoms with Gasteiger partial charge in [-0.15, -0.1) is 0 Å². The molecule has 2 heterocycles. The lowest BCUT2D eigenvalue weighted by molar-refractivity contribution is -0.385. The SMILES string of the molecule is CC1Oc2ccc([N+](=O)[O-])cc2C(N2Cc3ccccc3C2=O)C1O. The summed E-state index contributed by atoms with van der Waals surface area (Å²) in [6.07, 6.45) is -1.51. The fourth-order valence-electron chi connectivity index (χ4n) is 3.55. The second kappa shape index (κ2) is 5.56. The molecule has 0 bridgehead atoms. The standard InChI is InChI=1S/C18H16N2O5/c1-10-17(21)16(14-8-12(20(23)24)6-7-15(14)25-10)19-9-11-4-2-3-5-13(11)18(19)22/h2-8,10,16-17,21H,9H2,1H3. The maximum Gasteiger partial charge on any atom is 0.270 e. The number of hydrogen-bond acceptors (Lipinski definition) is 5. The Bertz CT molecular complexity index is 882. The minimum atomic E-state index is -0.979. The quantitative estimate of drug-likeness (QED) is 0.669. The van der Waals surface area contributed by atoms with Crippen molar-refractivity contribution in [3.63, 3.8) is 0 Å². The lowest BCUT2D eigenvalue weighted by Gasteiger charge is -2.39. The molecule has 7 heteroatoms. The number of amides is 1. The van der Waals surface area contributed by atoms with Crippen LogP contribution in [0.5, 0.6) is 5.75 Å². The maximum absolute atomic E-state index is 12.8. The number of rotatable bonds is 2. The molecular formula is C18H16N2O5. The summed E-state index contributed by atoms with van der Waals surface area (Å²) < 4.78 is 5.67. The number of nitrogens with zero attached hydrogens (tertiary/aromatic N) is 2. The lowest BCUT2D eigenvalue weighted by atomic mass is 9.92. The monoisotopic (exact) mass is 340 g/mol. The molecule has 1 amide bonds. The molecule has 25 heavy (non-hydrogen) atoms. The van der Waals surface area contributed by atoms with Crippen LogP contribution in [0, 0.1) is 10.1 Å². The van der Waals surface area contributed by atoms with E-state index in [1.807, 2.05) is 12.1 Å². The molecule has 0 saturated heterocycles. The molecular weight excluding hydrogens is 324 g/mol. The summed E-state index contributed by atoms with van der Waals surface area (Å²) in [5, 5.41) is 21.8. The van der Waals surface area contributed by atoms with Crippen LogP contribution in [0.15, 0.2) is 42.5 Å². The Balaban J connectivity index is 1.81. The van der Waals surface area contributed by atoms with E-state index in [4.69, 9.17) is 4.74 Å². The van der Waals surface area contributed by atoms with Gasteiger partial charge in [0.25, 0.3) is 11.6 Å². The largest absolute Gasteiger partial charge is 0.488 e. The minimum absolute atomic E-state index is 0.0988. The smallest absolute Gasteiger partial charge is 0.270 e. The summed E-state index contributed by atoms with van der Waals surface area (Å²) in [4.78, 5) is 25.0. The van der Waals surface area contributed by atoms with E-state index in [2.05, 4.69) is 0 Å². The van der Waals surface area contributed by atoms with Crippen molar-refractivity contribution in [1.29, 1.82) is 0 Å². The van der Waals surface area contributed by atoms with Crippen LogP contribution in [0.1, 0.15) is 34.5 Å². The molecule has 0 radical (unpaired) electrons. The highest BCUT2D eigenvalue weighted by atomic mass is 16.6. The van der Waals surface area contributed by atoms with Gasteiger partial charge in [0, 0.05) is 29.8 Å². The molecule has 2 aliphatic rings. The number of carbonyl (C=O) groups is 1. The number of hydrogen-bond donors (Lipinski definition) is 1. The zero-order valence-electron chi connectivity index (χ0n) is 13.5. The molecule has 0 fully saturated rings. The van der Waals surface area contributed by atoms with E-state index < -0.39 is 23.2 Å². The molecule has 128 valence electrons. The number of nitro benzene ring substituents is 1. The first-order chi connectivity index (χ1) is 12.0. The van der Waals surface area contributed by atoms with Gasteiger partial charge in [-0.2, -0.15) is 0 Å². The normalized spacial score (nSPS) is 24.5. The lowest BCUT2D eigenvalue weighted by Crippen LogP contribution is -2.46. The van der Waals surface area contributed by atoms with Crippen molar-refractivity contribution in [2.45, 2.75) is 31.7 Å². The Morgan fingerprint density at radius 1 is 1.28 bits per heavy atom. The van der Waals surface area contributed by atoms with Crippen LogP contribution in [0.2, 0.25) is 0 Å². The molecule has 0 spiro atoms. The van der Waals surface area contributed by atoms with Crippen molar-refractivity contribution >= 4 is 11.6 Å². The van der Waals surface area contributed by atoms with Crippen molar-refractivity contribution in [2.75, 3.05) is 0 Å².